The molecule has 3 aromatic carbocycles. The van der Waals surface area contributed by atoms with Crippen molar-refractivity contribution < 1.29 is 19.0 Å². The van der Waals surface area contributed by atoms with Gasteiger partial charge in [0.25, 0.3) is 0 Å². The van der Waals surface area contributed by atoms with Crippen LogP contribution in [0.2, 0.25) is 0 Å². The molecule has 29 heavy (non-hydrogen) atoms. The Hall–Kier alpha value is -3.18. The number of alkyl carbamates (subject to hydrolysis) is 1. The smallest absolute Gasteiger partial charge is 0.407 e. The van der Waals surface area contributed by atoms with E-state index in [2.05, 4.69) is 29.6 Å². The second-order valence-corrected chi connectivity index (χ2v) is 7.25. The first-order chi connectivity index (χ1) is 14.0. The number of ether oxygens (including phenoxy) is 1. The summed E-state index contributed by atoms with van der Waals surface area (Å²) in [6.45, 7) is 1.88. The molecule has 0 saturated carbocycles. The van der Waals surface area contributed by atoms with Gasteiger partial charge < -0.3 is 15.2 Å². The second-order valence-electron chi connectivity index (χ2n) is 7.25. The van der Waals surface area contributed by atoms with E-state index >= 15 is 0 Å². The summed E-state index contributed by atoms with van der Waals surface area (Å²) in [5.74, 6) is -0.399. The van der Waals surface area contributed by atoms with Crippen molar-refractivity contribution in [3.05, 3.63) is 95.3 Å². The molecule has 0 radical (unpaired) electrons. The number of halogens is 1. The van der Waals surface area contributed by atoms with Crippen LogP contribution in [-0.4, -0.2) is 23.8 Å². The van der Waals surface area contributed by atoms with Crippen LogP contribution in [0.4, 0.5) is 9.18 Å². The molecule has 1 amide bonds. The number of carbonyl (C=O) groups is 1. The third-order valence-electron chi connectivity index (χ3n) is 5.37. The highest BCUT2D eigenvalue weighted by Crippen LogP contribution is 2.44. The van der Waals surface area contributed by atoms with Gasteiger partial charge in [0, 0.05) is 5.92 Å². The summed E-state index contributed by atoms with van der Waals surface area (Å²) in [6, 6.07) is 21.2. The van der Waals surface area contributed by atoms with Crippen LogP contribution >= 0.6 is 0 Å². The number of aliphatic hydroxyl groups excluding tert-OH is 1. The zero-order valence-electron chi connectivity index (χ0n) is 16.0. The fourth-order valence-corrected chi connectivity index (χ4v) is 3.85. The van der Waals surface area contributed by atoms with Crippen LogP contribution in [0.25, 0.3) is 11.1 Å². The Morgan fingerprint density at radius 1 is 1.00 bits per heavy atom. The Labute approximate surface area is 169 Å². The van der Waals surface area contributed by atoms with Gasteiger partial charge in [-0.3, -0.25) is 0 Å². The minimum atomic E-state index is -0.962. The highest BCUT2D eigenvalue weighted by Gasteiger charge is 2.29. The van der Waals surface area contributed by atoms with Gasteiger partial charge >= 0.3 is 6.09 Å². The van der Waals surface area contributed by atoms with E-state index in [1.807, 2.05) is 24.3 Å². The van der Waals surface area contributed by atoms with Crippen LogP contribution in [-0.2, 0) is 4.74 Å². The first kappa shape index (κ1) is 19.2. The molecule has 2 atom stereocenters. The number of amides is 1. The summed E-state index contributed by atoms with van der Waals surface area (Å²) < 4.78 is 18.5. The van der Waals surface area contributed by atoms with Gasteiger partial charge in [0.05, 0.1) is 12.1 Å². The lowest BCUT2D eigenvalue weighted by atomic mass is 9.98. The summed E-state index contributed by atoms with van der Waals surface area (Å²) in [5.41, 5.74) is 5.13. The van der Waals surface area contributed by atoms with Crippen LogP contribution in [0.5, 0.6) is 0 Å². The largest absolute Gasteiger partial charge is 0.449 e. The minimum Gasteiger partial charge on any atom is -0.449 e. The van der Waals surface area contributed by atoms with Gasteiger partial charge in [-0.05, 0) is 46.9 Å². The van der Waals surface area contributed by atoms with E-state index in [9.17, 15) is 14.3 Å². The van der Waals surface area contributed by atoms with E-state index in [4.69, 9.17) is 4.74 Å². The lowest BCUT2D eigenvalue weighted by Crippen LogP contribution is -2.38. The zero-order valence-corrected chi connectivity index (χ0v) is 16.0. The third-order valence-corrected chi connectivity index (χ3v) is 5.37. The van der Waals surface area contributed by atoms with Crippen LogP contribution in [0, 0.1) is 5.82 Å². The highest BCUT2D eigenvalue weighted by atomic mass is 19.1. The zero-order chi connectivity index (χ0) is 20.4. The highest BCUT2D eigenvalue weighted by molar-refractivity contribution is 5.79. The molecule has 4 rings (SSSR count). The van der Waals surface area contributed by atoms with E-state index in [1.54, 1.807) is 6.92 Å². The molecule has 2 unspecified atom stereocenters. The van der Waals surface area contributed by atoms with Crippen molar-refractivity contribution in [1.82, 2.24) is 5.32 Å². The molecular formula is C24H22FNO3. The number of rotatable bonds is 5. The topological polar surface area (TPSA) is 58.6 Å². The molecule has 5 heteroatoms. The summed E-state index contributed by atoms with van der Waals surface area (Å²) >= 11 is 0. The fraction of sp³-hybridized carbons (Fsp3) is 0.208. The molecule has 1 aliphatic rings. The molecule has 0 saturated heterocycles. The molecule has 1 aliphatic carbocycles. The maximum atomic E-state index is 13.0. The molecule has 0 fully saturated rings. The van der Waals surface area contributed by atoms with Gasteiger partial charge in [-0.1, -0.05) is 60.7 Å². The molecule has 148 valence electrons. The van der Waals surface area contributed by atoms with Crippen molar-refractivity contribution in [2.24, 2.45) is 0 Å². The third kappa shape index (κ3) is 3.87. The van der Waals surface area contributed by atoms with Crippen molar-refractivity contribution in [1.29, 1.82) is 0 Å². The Balaban J connectivity index is 1.40. The first-order valence-electron chi connectivity index (χ1n) is 9.59. The predicted molar refractivity (Wildman–Crippen MR) is 109 cm³/mol. The van der Waals surface area contributed by atoms with Gasteiger partial charge in [-0.15, -0.1) is 0 Å². The van der Waals surface area contributed by atoms with Gasteiger partial charge in [0.15, 0.2) is 0 Å². The maximum absolute atomic E-state index is 13.0. The van der Waals surface area contributed by atoms with Crippen LogP contribution in [0.1, 0.15) is 35.6 Å². The van der Waals surface area contributed by atoms with Crippen molar-refractivity contribution in [2.45, 2.75) is 25.0 Å². The molecule has 4 nitrogen and oxygen atoms in total. The standard InChI is InChI=1S/C24H22FNO3/c1-15(23(27)16-10-12-17(25)13-11-16)26-24(28)29-14-22-20-8-4-2-6-18(20)19-7-3-5-9-21(19)22/h2-13,15,22-23,27H,14H2,1H3,(H,26,28). The molecule has 0 aliphatic heterocycles. The Morgan fingerprint density at radius 3 is 2.14 bits per heavy atom. The quantitative estimate of drug-likeness (QED) is 0.658. The first-order valence-corrected chi connectivity index (χ1v) is 9.59. The Bertz CT molecular complexity index is 973. The van der Waals surface area contributed by atoms with Gasteiger partial charge in [0.2, 0.25) is 0 Å². The fourth-order valence-electron chi connectivity index (χ4n) is 3.85. The van der Waals surface area contributed by atoms with E-state index in [0.717, 1.165) is 22.3 Å². The monoisotopic (exact) mass is 391 g/mol. The average molecular weight is 391 g/mol. The number of hydrogen-bond acceptors (Lipinski definition) is 3. The van der Waals surface area contributed by atoms with E-state index in [1.165, 1.54) is 24.3 Å². The summed E-state index contributed by atoms with van der Waals surface area (Å²) in [5, 5.41) is 13.0. The summed E-state index contributed by atoms with van der Waals surface area (Å²) in [7, 11) is 0. The SMILES string of the molecule is CC(NC(=O)OCC1c2ccccc2-c2ccccc21)C(O)c1ccc(F)cc1. The van der Waals surface area contributed by atoms with E-state index in [-0.39, 0.29) is 18.3 Å². The maximum Gasteiger partial charge on any atom is 0.407 e. The van der Waals surface area contributed by atoms with Crippen molar-refractivity contribution in [3.8, 4) is 11.1 Å². The van der Waals surface area contributed by atoms with Crippen LogP contribution in [0.15, 0.2) is 72.8 Å². The summed E-state index contributed by atoms with van der Waals surface area (Å²) in [6.07, 6.45) is -1.56. The summed E-state index contributed by atoms with van der Waals surface area (Å²) in [4.78, 5) is 12.3. The number of carbonyl (C=O) groups excluding carboxylic acids is 1. The lowest BCUT2D eigenvalue weighted by molar-refractivity contribution is 0.108. The predicted octanol–water partition coefficient (Wildman–Crippen LogP) is 4.79. The van der Waals surface area contributed by atoms with Crippen LogP contribution < -0.4 is 5.32 Å². The number of nitrogens with one attached hydrogen (secondary N) is 1. The van der Waals surface area contributed by atoms with Gasteiger partial charge in [0.1, 0.15) is 12.4 Å². The average Bonchev–Trinajstić information content (AvgIpc) is 3.06. The second kappa shape index (κ2) is 8.05. The van der Waals surface area contributed by atoms with Crippen molar-refractivity contribution in [3.63, 3.8) is 0 Å². The van der Waals surface area contributed by atoms with Gasteiger partial charge in [-0.2, -0.15) is 0 Å². The van der Waals surface area contributed by atoms with Crippen molar-refractivity contribution in [2.75, 3.05) is 6.61 Å². The molecule has 2 N–H and O–H groups in total. The lowest BCUT2D eigenvalue weighted by Gasteiger charge is -2.21. The molecule has 0 bridgehead atoms. The number of fused-ring (bicyclic) bond motifs is 3. The van der Waals surface area contributed by atoms with Crippen molar-refractivity contribution >= 4 is 6.09 Å². The molecule has 3 aromatic rings. The molecule has 0 heterocycles. The minimum absolute atomic E-state index is 0.0227. The number of aliphatic hydroxyl groups is 1. The van der Waals surface area contributed by atoms with Gasteiger partial charge in [-0.25, -0.2) is 9.18 Å². The molecule has 0 spiro atoms. The Morgan fingerprint density at radius 2 is 1.55 bits per heavy atom. The normalized spacial score (nSPS) is 14.6. The number of benzene rings is 3. The number of hydrogen-bond donors (Lipinski definition) is 2. The Kier molecular flexibility index (Phi) is 5.32. The molecule has 0 aromatic heterocycles. The molecular weight excluding hydrogens is 369 g/mol. The van der Waals surface area contributed by atoms with Crippen LogP contribution in [0.3, 0.4) is 0 Å². The van der Waals surface area contributed by atoms with E-state index in [0.29, 0.717) is 5.56 Å². The van der Waals surface area contributed by atoms with E-state index < -0.39 is 18.2 Å².